The summed E-state index contributed by atoms with van der Waals surface area (Å²) in [5, 5.41) is 0. The van der Waals surface area contributed by atoms with E-state index in [0.29, 0.717) is 0 Å². The van der Waals surface area contributed by atoms with Crippen molar-refractivity contribution in [3.05, 3.63) is 35.6 Å². The van der Waals surface area contributed by atoms with Gasteiger partial charge in [0.15, 0.2) is 0 Å². The highest BCUT2D eigenvalue weighted by Gasteiger charge is 2.27. The lowest BCUT2D eigenvalue weighted by atomic mass is 9.99. The second-order valence-electron chi connectivity index (χ2n) is 4.54. The van der Waals surface area contributed by atoms with Gasteiger partial charge >= 0.3 is 0 Å². The van der Waals surface area contributed by atoms with Crippen LogP contribution in [-0.4, -0.2) is 23.4 Å². The molecule has 92 valence electrons. The molecule has 1 aromatic carbocycles. The van der Waals surface area contributed by atoms with Crippen molar-refractivity contribution in [1.29, 1.82) is 0 Å². The third-order valence-corrected chi connectivity index (χ3v) is 3.46. The van der Waals surface area contributed by atoms with Gasteiger partial charge in [0.25, 0.3) is 5.91 Å². The summed E-state index contributed by atoms with van der Waals surface area (Å²) in [6.45, 7) is 2.84. The minimum absolute atomic E-state index is 0.158. The zero-order chi connectivity index (χ0) is 12.3. The molecule has 1 atom stereocenters. The third kappa shape index (κ3) is 2.48. The summed E-state index contributed by atoms with van der Waals surface area (Å²) in [4.78, 5) is 14.1. The number of likely N-dealkylation sites (tertiary alicyclic amines) is 1. The summed E-state index contributed by atoms with van der Waals surface area (Å²) >= 11 is 0. The first kappa shape index (κ1) is 12.1. The first-order valence-electron chi connectivity index (χ1n) is 6.29. The molecule has 0 saturated carbocycles. The van der Waals surface area contributed by atoms with Crippen molar-refractivity contribution >= 4 is 5.91 Å². The molecule has 1 unspecified atom stereocenters. The highest BCUT2D eigenvalue weighted by Crippen LogP contribution is 2.22. The molecule has 1 heterocycles. The Balaban J connectivity index is 2.21. The lowest BCUT2D eigenvalue weighted by molar-refractivity contribution is 0.0603. The molecule has 2 nitrogen and oxygen atoms in total. The third-order valence-electron chi connectivity index (χ3n) is 3.46. The number of rotatable bonds is 2. The van der Waals surface area contributed by atoms with Gasteiger partial charge < -0.3 is 4.90 Å². The van der Waals surface area contributed by atoms with Crippen LogP contribution in [0.5, 0.6) is 0 Å². The van der Waals surface area contributed by atoms with E-state index in [9.17, 15) is 9.18 Å². The lowest BCUT2D eigenvalue weighted by Gasteiger charge is -2.35. The summed E-state index contributed by atoms with van der Waals surface area (Å²) in [7, 11) is 0. The van der Waals surface area contributed by atoms with Gasteiger partial charge in [-0.3, -0.25) is 4.79 Å². The van der Waals surface area contributed by atoms with Crippen molar-refractivity contribution in [3.8, 4) is 0 Å². The van der Waals surface area contributed by atoms with Gasteiger partial charge in [-0.05, 0) is 37.8 Å². The van der Waals surface area contributed by atoms with Crippen molar-refractivity contribution in [3.63, 3.8) is 0 Å². The first-order chi connectivity index (χ1) is 8.24. The van der Waals surface area contributed by atoms with Crippen molar-refractivity contribution in [2.24, 2.45) is 0 Å². The number of carbonyl (C=O) groups is 1. The van der Waals surface area contributed by atoms with Crippen LogP contribution in [0.4, 0.5) is 4.39 Å². The van der Waals surface area contributed by atoms with Crippen LogP contribution < -0.4 is 0 Å². The Kier molecular flexibility index (Phi) is 3.77. The van der Waals surface area contributed by atoms with Gasteiger partial charge in [0, 0.05) is 12.6 Å². The smallest absolute Gasteiger partial charge is 0.257 e. The van der Waals surface area contributed by atoms with Gasteiger partial charge in [0.2, 0.25) is 0 Å². The number of benzene rings is 1. The quantitative estimate of drug-likeness (QED) is 0.770. The second kappa shape index (κ2) is 5.30. The number of piperidine rings is 1. The monoisotopic (exact) mass is 235 g/mol. The molecule has 1 aliphatic heterocycles. The highest BCUT2D eigenvalue weighted by atomic mass is 19.1. The molecule has 2 rings (SSSR count). The largest absolute Gasteiger partial charge is 0.336 e. The number of hydrogen-bond acceptors (Lipinski definition) is 1. The van der Waals surface area contributed by atoms with Crippen LogP contribution in [0.2, 0.25) is 0 Å². The predicted octanol–water partition coefficient (Wildman–Crippen LogP) is 3.23. The molecule has 0 bridgehead atoms. The SMILES string of the molecule is CCC1CCCCN1C(=O)c1ccccc1F. The maximum absolute atomic E-state index is 13.6. The highest BCUT2D eigenvalue weighted by molar-refractivity contribution is 5.94. The maximum atomic E-state index is 13.6. The summed E-state index contributed by atoms with van der Waals surface area (Å²) in [5.41, 5.74) is 0.202. The van der Waals surface area contributed by atoms with E-state index in [1.54, 1.807) is 18.2 Å². The Morgan fingerprint density at radius 1 is 1.41 bits per heavy atom. The minimum Gasteiger partial charge on any atom is -0.336 e. The fourth-order valence-electron chi connectivity index (χ4n) is 2.48. The summed E-state index contributed by atoms with van der Waals surface area (Å²) in [6, 6.07) is 6.51. The van der Waals surface area contributed by atoms with E-state index in [4.69, 9.17) is 0 Å². The number of hydrogen-bond donors (Lipinski definition) is 0. The zero-order valence-corrected chi connectivity index (χ0v) is 10.2. The molecule has 3 heteroatoms. The molecule has 1 aliphatic rings. The van der Waals surface area contributed by atoms with E-state index in [2.05, 4.69) is 6.92 Å². The van der Waals surface area contributed by atoms with Crippen LogP contribution in [0.15, 0.2) is 24.3 Å². The molecule has 0 aliphatic carbocycles. The van der Waals surface area contributed by atoms with E-state index < -0.39 is 5.82 Å². The molecule has 1 amide bonds. The molecular weight excluding hydrogens is 217 g/mol. The van der Waals surface area contributed by atoms with Gasteiger partial charge in [0.05, 0.1) is 5.56 Å². The molecule has 0 aromatic heterocycles. The van der Waals surface area contributed by atoms with Gasteiger partial charge in [-0.15, -0.1) is 0 Å². The Hall–Kier alpha value is -1.38. The summed E-state index contributed by atoms with van der Waals surface area (Å²) < 4.78 is 13.6. The average Bonchev–Trinajstić information content (AvgIpc) is 2.38. The minimum atomic E-state index is -0.419. The van der Waals surface area contributed by atoms with Crippen LogP contribution >= 0.6 is 0 Å². The average molecular weight is 235 g/mol. The summed E-state index contributed by atoms with van der Waals surface area (Å²) in [5.74, 6) is -0.576. The number of halogens is 1. The van der Waals surface area contributed by atoms with Gasteiger partial charge in [-0.2, -0.15) is 0 Å². The molecule has 0 N–H and O–H groups in total. The molecule has 17 heavy (non-hydrogen) atoms. The standard InChI is InChI=1S/C14H18FNO/c1-2-11-7-5-6-10-16(11)14(17)12-8-3-4-9-13(12)15/h3-4,8-9,11H,2,5-7,10H2,1H3. The molecule has 0 radical (unpaired) electrons. The van der Waals surface area contributed by atoms with Crippen LogP contribution in [0.1, 0.15) is 43.0 Å². The molecule has 1 saturated heterocycles. The van der Waals surface area contributed by atoms with Crippen molar-refractivity contribution in [1.82, 2.24) is 4.90 Å². The second-order valence-corrected chi connectivity index (χ2v) is 4.54. The van der Waals surface area contributed by atoms with Crippen LogP contribution in [0.25, 0.3) is 0 Å². The van der Waals surface area contributed by atoms with Crippen LogP contribution in [0.3, 0.4) is 0 Å². The van der Waals surface area contributed by atoms with Crippen LogP contribution in [-0.2, 0) is 0 Å². The van der Waals surface area contributed by atoms with Gasteiger partial charge in [0.1, 0.15) is 5.82 Å². The van der Waals surface area contributed by atoms with E-state index in [0.717, 1.165) is 25.8 Å². The van der Waals surface area contributed by atoms with Gasteiger partial charge in [-0.25, -0.2) is 4.39 Å². The molecule has 1 aromatic rings. The van der Waals surface area contributed by atoms with Crippen molar-refractivity contribution in [2.75, 3.05) is 6.54 Å². The fourth-order valence-corrected chi connectivity index (χ4v) is 2.48. The first-order valence-corrected chi connectivity index (χ1v) is 6.29. The predicted molar refractivity (Wildman–Crippen MR) is 65.4 cm³/mol. The maximum Gasteiger partial charge on any atom is 0.257 e. The van der Waals surface area contributed by atoms with E-state index >= 15 is 0 Å². The lowest BCUT2D eigenvalue weighted by Crippen LogP contribution is -2.43. The number of nitrogens with zero attached hydrogens (tertiary/aromatic N) is 1. The number of carbonyl (C=O) groups excluding carboxylic acids is 1. The zero-order valence-electron chi connectivity index (χ0n) is 10.2. The molecule has 1 fully saturated rings. The fraction of sp³-hybridized carbons (Fsp3) is 0.500. The Bertz CT molecular complexity index is 405. The Morgan fingerprint density at radius 2 is 2.18 bits per heavy atom. The summed E-state index contributed by atoms with van der Waals surface area (Å²) in [6.07, 6.45) is 4.17. The van der Waals surface area contributed by atoms with Crippen LogP contribution in [0, 0.1) is 5.82 Å². The topological polar surface area (TPSA) is 20.3 Å². The Morgan fingerprint density at radius 3 is 2.88 bits per heavy atom. The van der Waals surface area contributed by atoms with Crippen molar-refractivity contribution < 1.29 is 9.18 Å². The van der Waals surface area contributed by atoms with Gasteiger partial charge in [-0.1, -0.05) is 19.1 Å². The Labute approximate surface area is 101 Å². The van der Waals surface area contributed by atoms with E-state index in [1.165, 1.54) is 12.5 Å². The number of amides is 1. The molecular formula is C14H18FNO. The van der Waals surface area contributed by atoms with Crippen molar-refractivity contribution in [2.45, 2.75) is 38.6 Å². The van der Waals surface area contributed by atoms with E-state index in [-0.39, 0.29) is 17.5 Å². The normalized spacial score (nSPS) is 20.4. The van der Waals surface area contributed by atoms with E-state index in [1.807, 2.05) is 4.90 Å². The molecule has 0 spiro atoms.